The average molecular weight is 494 g/mol. The number of rotatable bonds is 3. The Hall–Kier alpha value is -3.56. The first-order chi connectivity index (χ1) is 16.4. The van der Waals surface area contributed by atoms with Crippen LogP contribution in [0.5, 0.6) is 0 Å². The van der Waals surface area contributed by atoms with Crippen LogP contribution in [0, 0.1) is 0 Å². The van der Waals surface area contributed by atoms with Crippen molar-refractivity contribution in [3.8, 4) is 0 Å². The molecule has 4 nitrogen and oxygen atoms in total. The van der Waals surface area contributed by atoms with Crippen LogP contribution in [0.4, 0.5) is 32.0 Å². The molecule has 2 aromatic rings. The maximum absolute atomic E-state index is 13.9. The molecule has 1 aliphatic carbocycles. The molecular formula is C25H20F6N2O2. The van der Waals surface area contributed by atoms with Gasteiger partial charge in [-0.1, -0.05) is 24.3 Å². The van der Waals surface area contributed by atoms with Crippen LogP contribution in [0.3, 0.4) is 0 Å². The van der Waals surface area contributed by atoms with Crippen molar-refractivity contribution in [1.29, 1.82) is 0 Å². The SMILES string of the molecule is CC1=C(C(=O)Nc2cccc(C(F)(F)F)c2)[C@@H](c2ccccc2C(F)(F)F)C2=C(CCCC2=O)N1. The first-order valence-corrected chi connectivity index (χ1v) is 10.8. The molecule has 0 aromatic heterocycles. The summed E-state index contributed by atoms with van der Waals surface area (Å²) >= 11 is 0. The van der Waals surface area contributed by atoms with Crippen LogP contribution < -0.4 is 10.6 Å². The molecule has 0 bridgehead atoms. The van der Waals surface area contributed by atoms with Gasteiger partial charge < -0.3 is 10.6 Å². The highest BCUT2D eigenvalue weighted by Gasteiger charge is 2.43. The molecule has 0 fully saturated rings. The first-order valence-electron chi connectivity index (χ1n) is 10.8. The number of ketones is 1. The Bertz CT molecular complexity index is 1260. The van der Waals surface area contributed by atoms with E-state index in [-0.39, 0.29) is 40.3 Å². The van der Waals surface area contributed by atoms with Crippen LogP contribution in [0.25, 0.3) is 0 Å². The Morgan fingerprint density at radius 2 is 1.69 bits per heavy atom. The number of benzene rings is 2. The van der Waals surface area contributed by atoms with Gasteiger partial charge in [-0.25, -0.2) is 0 Å². The van der Waals surface area contributed by atoms with Gasteiger partial charge in [-0.05, 0) is 49.6 Å². The second-order valence-electron chi connectivity index (χ2n) is 8.38. The molecule has 2 aliphatic rings. The molecule has 0 saturated heterocycles. The predicted octanol–water partition coefficient (Wildman–Crippen LogP) is 6.33. The van der Waals surface area contributed by atoms with Gasteiger partial charge in [0.25, 0.3) is 5.91 Å². The lowest BCUT2D eigenvalue weighted by Gasteiger charge is -2.35. The topological polar surface area (TPSA) is 58.2 Å². The van der Waals surface area contributed by atoms with Crippen molar-refractivity contribution < 1.29 is 35.9 Å². The largest absolute Gasteiger partial charge is 0.416 e. The summed E-state index contributed by atoms with van der Waals surface area (Å²) in [5.74, 6) is -2.61. The summed E-state index contributed by atoms with van der Waals surface area (Å²) in [5, 5.41) is 5.35. The summed E-state index contributed by atoms with van der Waals surface area (Å²) < 4.78 is 81.1. The highest BCUT2D eigenvalue weighted by molar-refractivity contribution is 6.09. The molecule has 35 heavy (non-hydrogen) atoms. The summed E-state index contributed by atoms with van der Waals surface area (Å²) in [4.78, 5) is 26.3. The second kappa shape index (κ2) is 8.90. The van der Waals surface area contributed by atoms with E-state index >= 15 is 0 Å². The van der Waals surface area contributed by atoms with Crippen LogP contribution in [-0.2, 0) is 21.9 Å². The van der Waals surface area contributed by atoms with Crippen molar-refractivity contribution in [2.75, 3.05) is 5.32 Å². The van der Waals surface area contributed by atoms with Gasteiger partial charge in [0, 0.05) is 40.6 Å². The third-order valence-electron chi connectivity index (χ3n) is 6.05. The fourth-order valence-corrected chi connectivity index (χ4v) is 4.57. The molecule has 0 radical (unpaired) electrons. The van der Waals surface area contributed by atoms with Crippen molar-refractivity contribution in [2.45, 2.75) is 44.5 Å². The number of hydrogen-bond acceptors (Lipinski definition) is 3. The number of hydrogen-bond donors (Lipinski definition) is 2. The van der Waals surface area contributed by atoms with Crippen molar-refractivity contribution in [2.24, 2.45) is 0 Å². The average Bonchev–Trinajstić information content (AvgIpc) is 2.77. The Morgan fingerprint density at radius 1 is 0.971 bits per heavy atom. The van der Waals surface area contributed by atoms with E-state index in [1.54, 1.807) is 0 Å². The van der Waals surface area contributed by atoms with Gasteiger partial charge in [-0.3, -0.25) is 9.59 Å². The minimum absolute atomic E-state index is 0.0766. The number of dihydropyridines is 1. The number of Topliss-reactive ketones (excluding diaryl/α,β-unsaturated/α-hetero) is 1. The van der Waals surface area contributed by atoms with Gasteiger partial charge in [0.2, 0.25) is 0 Å². The maximum atomic E-state index is 13.9. The van der Waals surface area contributed by atoms with E-state index in [0.29, 0.717) is 18.5 Å². The Balaban J connectivity index is 1.83. The quantitative estimate of drug-likeness (QED) is 0.491. The van der Waals surface area contributed by atoms with Gasteiger partial charge in [-0.2, -0.15) is 26.3 Å². The lowest BCUT2D eigenvalue weighted by Crippen LogP contribution is -2.36. The highest BCUT2D eigenvalue weighted by Crippen LogP contribution is 2.46. The first kappa shape index (κ1) is 24.6. The fraction of sp³-hybridized carbons (Fsp3) is 0.280. The lowest BCUT2D eigenvalue weighted by molar-refractivity contribution is -0.138. The zero-order chi connectivity index (χ0) is 25.5. The summed E-state index contributed by atoms with van der Waals surface area (Å²) in [6, 6.07) is 8.62. The fourth-order valence-electron chi connectivity index (χ4n) is 4.57. The summed E-state index contributed by atoms with van der Waals surface area (Å²) in [7, 11) is 0. The Labute approximate surface area is 196 Å². The number of alkyl halides is 6. The van der Waals surface area contributed by atoms with E-state index in [1.807, 2.05) is 0 Å². The molecular weight excluding hydrogens is 474 g/mol. The van der Waals surface area contributed by atoms with E-state index in [1.165, 1.54) is 31.2 Å². The number of nitrogens with one attached hydrogen (secondary N) is 2. The van der Waals surface area contributed by atoms with E-state index in [9.17, 15) is 35.9 Å². The highest BCUT2D eigenvalue weighted by atomic mass is 19.4. The van der Waals surface area contributed by atoms with Crippen LogP contribution in [-0.4, -0.2) is 11.7 Å². The van der Waals surface area contributed by atoms with Crippen molar-refractivity contribution in [3.05, 3.63) is 87.8 Å². The van der Waals surface area contributed by atoms with E-state index < -0.39 is 35.3 Å². The second-order valence-corrected chi connectivity index (χ2v) is 8.38. The summed E-state index contributed by atoms with van der Waals surface area (Å²) in [5.41, 5.74) is -1.83. The number of anilines is 1. The third kappa shape index (κ3) is 4.82. The van der Waals surface area contributed by atoms with E-state index in [2.05, 4.69) is 10.6 Å². The molecule has 1 atom stereocenters. The number of carbonyl (C=O) groups excluding carboxylic acids is 2. The summed E-state index contributed by atoms with van der Waals surface area (Å²) in [6.07, 6.45) is -8.35. The third-order valence-corrected chi connectivity index (χ3v) is 6.05. The van der Waals surface area contributed by atoms with Crippen LogP contribution >= 0.6 is 0 Å². The molecule has 1 amide bonds. The van der Waals surface area contributed by atoms with Gasteiger partial charge in [0.05, 0.1) is 11.1 Å². The van der Waals surface area contributed by atoms with Gasteiger partial charge in [0.15, 0.2) is 5.78 Å². The predicted molar refractivity (Wildman–Crippen MR) is 116 cm³/mol. The number of amides is 1. The van der Waals surface area contributed by atoms with Crippen LogP contribution in [0.2, 0.25) is 0 Å². The Morgan fingerprint density at radius 3 is 2.37 bits per heavy atom. The Kier molecular flexibility index (Phi) is 6.25. The molecule has 1 aliphatic heterocycles. The number of allylic oxidation sites excluding steroid dienone is 3. The van der Waals surface area contributed by atoms with E-state index in [0.717, 1.165) is 24.3 Å². The van der Waals surface area contributed by atoms with Crippen molar-refractivity contribution in [3.63, 3.8) is 0 Å². The zero-order valence-electron chi connectivity index (χ0n) is 18.4. The number of carbonyl (C=O) groups is 2. The molecule has 1 heterocycles. The normalized spacial score (nSPS) is 18.8. The molecule has 2 aromatic carbocycles. The minimum atomic E-state index is -4.75. The molecule has 10 heteroatoms. The standard InChI is InChI=1S/C25H20F6N2O2/c1-13-20(23(35)33-15-7-4-6-14(12-15)24(26,27)28)21(22-18(32-13)10-5-11-19(22)34)16-8-2-3-9-17(16)25(29,30)31/h2-4,6-9,12,21,32H,5,10-11H2,1H3,(H,33,35)/t21-/m1/s1. The molecule has 2 N–H and O–H groups in total. The smallest absolute Gasteiger partial charge is 0.362 e. The monoisotopic (exact) mass is 494 g/mol. The van der Waals surface area contributed by atoms with Crippen molar-refractivity contribution >= 4 is 17.4 Å². The maximum Gasteiger partial charge on any atom is 0.416 e. The minimum Gasteiger partial charge on any atom is -0.362 e. The van der Waals surface area contributed by atoms with Gasteiger partial charge >= 0.3 is 12.4 Å². The summed E-state index contributed by atoms with van der Waals surface area (Å²) in [6.45, 7) is 1.49. The molecule has 0 unspecified atom stereocenters. The van der Waals surface area contributed by atoms with Crippen molar-refractivity contribution in [1.82, 2.24) is 5.32 Å². The lowest BCUT2D eigenvalue weighted by atomic mass is 9.73. The van der Waals surface area contributed by atoms with Crippen LogP contribution in [0.1, 0.15) is 48.8 Å². The molecule has 0 saturated carbocycles. The van der Waals surface area contributed by atoms with Gasteiger partial charge in [0.1, 0.15) is 0 Å². The zero-order valence-corrected chi connectivity index (χ0v) is 18.4. The molecule has 0 spiro atoms. The van der Waals surface area contributed by atoms with Crippen LogP contribution in [0.15, 0.2) is 71.1 Å². The van der Waals surface area contributed by atoms with E-state index in [4.69, 9.17) is 0 Å². The van der Waals surface area contributed by atoms with Gasteiger partial charge in [-0.15, -0.1) is 0 Å². The molecule has 184 valence electrons. The molecule has 4 rings (SSSR count). The number of halogens is 6.